The summed E-state index contributed by atoms with van der Waals surface area (Å²) in [6.45, 7) is 3.11. The summed E-state index contributed by atoms with van der Waals surface area (Å²) < 4.78 is 18.7. The lowest BCUT2D eigenvalue weighted by molar-refractivity contribution is 0.174. The van der Waals surface area contributed by atoms with Gasteiger partial charge in [-0.2, -0.15) is 4.98 Å². The number of nitrogens with zero attached hydrogens (tertiary/aromatic N) is 3. The molecule has 1 saturated heterocycles. The highest BCUT2D eigenvalue weighted by Gasteiger charge is 2.57. The fraction of sp³-hybridized carbons (Fsp3) is 0.471. The number of piperidine rings is 1. The average Bonchev–Trinajstić information content (AvgIpc) is 3.09. The number of aryl methyl sites for hydroxylation is 1. The molecule has 2 heterocycles. The smallest absolute Gasteiger partial charge is 0.321 e. The first-order chi connectivity index (χ1) is 11.6. The number of para-hydroxylation sites is 1. The van der Waals surface area contributed by atoms with Gasteiger partial charge >= 0.3 is 6.03 Å². The van der Waals surface area contributed by atoms with Crippen molar-refractivity contribution in [2.45, 2.75) is 32.1 Å². The van der Waals surface area contributed by atoms with Gasteiger partial charge in [0.15, 0.2) is 5.82 Å². The minimum Gasteiger partial charge on any atom is -0.340 e. The van der Waals surface area contributed by atoms with Crippen molar-refractivity contribution in [1.29, 1.82) is 0 Å². The van der Waals surface area contributed by atoms with Crippen molar-refractivity contribution in [3.63, 3.8) is 0 Å². The van der Waals surface area contributed by atoms with Gasteiger partial charge in [0.05, 0.1) is 5.69 Å². The summed E-state index contributed by atoms with van der Waals surface area (Å²) in [6.07, 6.45) is 2.88. The van der Waals surface area contributed by atoms with Crippen molar-refractivity contribution in [2.24, 2.45) is 5.41 Å². The van der Waals surface area contributed by atoms with Gasteiger partial charge in [0, 0.05) is 25.9 Å². The third kappa shape index (κ3) is 2.64. The number of urea groups is 1. The van der Waals surface area contributed by atoms with E-state index >= 15 is 0 Å². The van der Waals surface area contributed by atoms with E-state index in [-0.39, 0.29) is 17.1 Å². The maximum absolute atomic E-state index is 13.6. The van der Waals surface area contributed by atoms with Gasteiger partial charge in [-0.15, -0.1) is 0 Å². The van der Waals surface area contributed by atoms with Crippen LogP contribution in [0.1, 0.15) is 36.9 Å². The van der Waals surface area contributed by atoms with Crippen LogP contribution in [0.4, 0.5) is 14.9 Å². The highest BCUT2D eigenvalue weighted by Crippen LogP contribution is 2.64. The zero-order valence-electron chi connectivity index (χ0n) is 13.5. The average molecular weight is 330 g/mol. The number of amides is 2. The van der Waals surface area contributed by atoms with E-state index in [9.17, 15) is 9.18 Å². The Hall–Kier alpha value is -2.44. The normalized spacial score (nSPS) is 21.8. The van der Waals surface area contributed by atoms with Crippen molar-refractivity contribution in [1.82, 2.24) is 15.0 Å². The number of likely N-dealkylation sites (tertiary alicyclic amines) is 1. The van der Waals surface area contributed by atoms with Crippen molar-refractivity contribution < 1.29 is 13.7 Å². The molecule has 1 N–H and O–H groups in total. The summed E-state index contributed by atoms with van der Waals surface area (Å²) in [6, 6.07) is 5.95. The fourth-order valence-electron chi connectivity index (χ4n) is 3.63. The zero-order valence-corrected chi connectivity index (χ0v) is 13.5. The van der Waals surface area contributed by atoms with Crippen LogP contribution in [0.15, 0.2) is 28.8 Å². The highest BCUT2D eigenvalue weighted by molar-refractivity contribution is 5.89. The van der Waals surface area contributed by atoms with Crippen LogP contribution in [0.2, 0.25) is 0 Å². The number of rotatable bonds is 2. The molecule has 126 valence electrons. The van der Waals surface area contributed by atoms with E-state index in [1.807, 2.05) is 0 Å². The second-order valence-electron chi connectivity index (χ2n) is 6.69. The van der Waals surface area contributed by atoms with Gasteiger partial charge in [0.2, 0.25) is 5.89 Å². The predicted octanol–water partition coefficient (Wildman–Crippen LogP) is 3.32. The quantitative estimate of drug-likeness (QED) is 0.917. The van der Waals surface area contributed by atoms with Crippen molar-refractivity contribution in [3.8, 4) is 0 Å². The number of halogens is 1. The number of carbonyl (C=O) groups is 1. The topological polar surface area (TPSA) is 71.3 Å². The number of anilines is 1. The van der Waals surface area contributed by atoms with E-state index in [1.165, 1.54) is 6.07 Å². The summed E-state index contributed by atoms with van der Waals surface area (Å²) in [4.78, 5) is 18.4. The van der Waals surface area contributed by atoms with Gasteiger partial charge in [-0.05, 0) is 36.8 Å². The second-order valence-corrected chi connectivity index (χ2v) is 6.69. The standard InChI is InChI=1S/C17H19FN4O2/c1-11-19-15(21-24-11)12-10-17(12)6-8-22(9-7-17)16(23)20-14-5-3-2-4-13(14)18/h2-5,12H,6-10H2,1H3,(H,20,23). The Bertz CT molecular complexity index is 767. The van der Waals surface area contributed by atoms with Gasteiger partial charge in [-0.25, -0.2) is 9.18 Å². The molecule has 1 spiro atoms. The number of benzene rings is 1. The molecular formula is C17H19FN4O2. The van der Waals surface area contributed by atoms with Crippen molar-refractivity contribution >= 4 is 11.7 Å². The van der Waals surface area contributed by atoms with Gasteiger partial charge in [-0.3, -0.25) is 0 Å². The summed E-state index contributed by atoms with van der Waals surface area (Å²) in [5, 5.41) is 6.67. The van der Waals surface area contributed by atoms with E-state index in [0.29, 0.717) is 24.9 Å². The molecule has 6 nitrogen and oxygen atoms in total. The molecule has 1 atom stereocenters. The zero-order chi connectivity index (χ0) is 16.7. The minimum absolute atomic E-state index is 0.199. The summed E-state index contributed by atoms with van der Waals surface area (Å²) in [7, 11) is 0. The number of nitrogens with one attached hydrogen (secondary N) is 1. The van der Waals surface area contributed by atoms with Crippen LogP contribution in [0.25, 0.3) is 0 Å². The molecule has 1 unspecified atom stereocenters. The third-order valence-corrected chi connectivity index (χ3v) is 5.21. The van der Waals surface area contributed by atoms with E-state index in [1.54, 1.807) is 30.0 Å². The molecule has 0 bridgehead atoms. The van der Waals surface area contributed by atoms with Crippen molar-refractivity contribution in [2.75, 3.05) is 18.4 Å². The molecule has 1 aromatic carbocycles. The van der Waals surface area contributed by atoms with E-state index in [4.69, 9.17) is 4.52 Å². The molecule has 2 aliphatic rings. The SMILES string of the molecule is Cc1nc(C2CC23CCN(C(=O)Nc2ccccc2F)CC3)no1. The molecule has 24 heavy (non-hydrogen) atoms. The largest absolute Gasteiger partial charge is 0.340 e. The Morgan fingerprint density at radius 1 is 1.38 bits per heavy atom. The molecule has 2 amide bonds. The van der Waals surface area contributed by atoms with E-state index in [2.05, 4.69) is 15.5 Å². The van der Waals surface area contributed by atoms with Crippen LogP contribution in [-0.4, -0.2) is 34.2 Å². The predicted molar refractivity (Wildman–Crippen MR) is 85.1 cm³/mol. The van der Waals surface area contributed by atoms with Gasteiger partial charge in [0.25, 0.3) is 0 Å². The Morgan fingerprint density at radius 2 is 2.12 bits per heavy atom. The molecule has 0 radical (unpaired) electrons. The monoisotopic (exact) mass is 330 g/mol. The maximum atomic E-state index is 13.6. The fourth-order valence-corrected chi connectivity index (χ4v) is 3.63. The van der Waals surface area contributed by atoms with Crippen LogP contribution in [0, 0.1) is 18.2 Å². The molecule has 2 aromatic rings. The number of hydrogen-bond acceptors (Lipinski definition) is 4. The minimum atomic E-state index is -0.422. The van der Waals surface area contributed by atoms with E-state index in [0.717, 1.165) is 25.1 Å². The van der Waals surface area contributed by atoms with Crippen LogP contribution >= 0.6 is 0 Å². The Morgan fingerprint density at radius 3 is 2.79 bits per heavy atom. The molecule has 1 aliphatic carbocycles. The molecule has 1 aromatic heterocycles. The lowest BCUT2D eigenvalue weighted by Gasteiger charge is -2.32. The first kappa shape index (κ1) is 15.1. The van der Waals surface area contributed by atoms with Crippen LogP contribution < -0.4 is 5.32 Å². The first-order valence-corrected chi connectivity index (χ1v) is 8.18. The number of aromatic nitrogens is 2. The molecular weight excluding hydrogens is 311 g/mol. The first-order valence-electron chi connectivity index (χ1n) is 8.18. The summed E-state index contributed by atoms with van der Waals surface area (Å²) >= 11 is 0. The van der Waals surface area contributed by atoms with Gasteiger partial charge in [0.1, 0.15) is 5.82 Å². The molecule has 2 fully saturated rings. The maximum Gasteiger partial charge on any atom is 0.321 e. The number of hydrogen-bond donors (Lipinski definition) is 1. The Labute approximate surface area is 139 Å². The van der Waals surface area contributed by atoms with Crippen LogP contribution in [0.5, 0.6) is 0 Å². The third-order valence-electron chi connectivity index (χ3n) is 5.21. The van der Waals surface area contributed by atoms with Crippen LogP contribution in [0.3, 0.4) is 0 Å². The van der Waals surface area contributed by atoms with Crippen LogP contribution in [-0.2, 0) is 0 Å². The Balaban J connectivity index is 1.35. The molecule has 7 heteroatoms. The lowest BCUT2D eigenvalue weighted by Crippen LogP contribution is -2.42. The van der Waals surface area contributed by atoms with Gasteiger partial charge < -0.3 is 14.7 Å². The molecule has 1 aliphatic heterocycles. The number of carbonyl (C=O) groups excluding carboxylic acids is 1. The highest BCUT2D eigenvalue weighted by atomic mass is 19.1. The van der Waals surface area contributed by atoms with Crippen molar-refractivity contribution in [3.05, 3.63) is 41.8 Å². The summed E-state index contributed by atoms with van der Waals surface area (Å²) in [5.41, 5.74) is 0.416. The summed E-state index contributed by atoms with van der Waals surface area (Å²) in [5.74, 6) is 1.30. The molecule has 4 rings (SSSR count). The van der Waals surface area contributed by atoms with E-state index < -0.39 is 5.82 Å². The molecule has 1 saturated carbocycles. The lowest BCUT2D eigenvalue weighted by atomic mass is 9.91. The Kier molecular flexibility index (Phi) is 3.51. The van der Waals surface area contributed by atoms with Gasteiger partial charge in [-0.1, -0.05) is 17.3 Å². The second kappa shape index (κ2) is 5.58.